The number of benzene rings is 1. The maximum atomic E-state index is 13.1. The molecule has 7 heteroatoms. The third-order valence-electron chi connectivity index (χ3n) is 2.68. The Morgan fingerprint density at radius 3 is 2.67 bits per heavy atom. The van der Waals surface area contributed by atoms with Gasteiger partial charge in [-0.1, -0.05) is 0 Å². The molecular weight excluding hydrogens is 243 g/mol. The van der Waals surface area contributed by atoms with Gasteiger partial charge in [-0.3, -0.25) is 14.9 Å². The van der Waals surface area contributed by atoms with Crippen LogP contribution in [0.25, 0.3) is 0 Å². The fraction of sp³-hybridized carbons (Fsp3) is 0.364. The summed E-state index contributed by atoms with van der Waals surface area (Å²) in [5.41, 5.74) is -0.602. The Hall–Kier alpha value is -2.02. The molecule has 1 saturated heterocycles. The Labute approximate surface area is 102 Å². The van der Waals surface area contributed by atoms with Crippen molar-refractivity contribution in [2.75, 3.05) is 26.3 Å². The lowest BCUT2D eigenvalue weighted by atomic mass is 10.1. The molecule has 1 aliphatic heterocycles. The fourth-order valence-corrected chi connectivity index (χ4v) is 1.78. The predicted octanol–water partition coefficient (Wildman–Crippen LogP) is 1.21. The van der Waals surface area contributed by atoms with Crippen molar-refractivity contribution in [1.29, 1.82) is 0 Å². The highest BCUT2D eigenvalue weighted by molar-refractivity contribution is 5.98. The molecule has 0 aliphatic carbocycles. The van der Waals surface area contributed by atoms with Gasteiger partial charge in [0.15, 0.2) is 0 Å². The number of morpholine rings is 1. The molecule has 1 heterocycles. The van der Waals surface area contributed by atoms with E-state index in [1.54, 1.807) is 0 Å². The number of nitro benzene ring substituents is 1. The minimum atomic E-state index is -0.687. The van der Waals surface area contributed by atoms with E-state index in [1.165, 1.54) is 4.90 Å². The molecule has 6 nitrogen and oxygen atoms in total. The summed E-state index contributed by atoms with van der Waals surface area (Å²) in [4.78, 5) is 23.6. The van der Waals surface area contributed by atoms with Crippen LogP contribution in [0.15, 0.2) is 18.2 Å². The number of halogens is 1. The molecule has 0 spiro atoms. The molecule has 0 aromatic heterocycles. The minimum absolute atomic E-state index is 0.220. The molecule has 0 N–H and O–H groups in total. The first-order valence-corrected chi connectivity index (χ1v) is 5.40. The normalized spacial score (nSPS) is 15.5. The van der Waals surface area contributed by atoms with E-state index < -0.39 is 16.6 Å². The molecule has 1 amide bonds. The molecule has 2 rings (SSSR count). The van der Waals surface area contributed by atoms with Gasteiger partial charge < -0.3 is 9.64 Å². The van der Waals surface area contributed by atoms with Crippen LogP contribution < -0.4 is 0 Å². The monoisotopic (exact) mass is 254 g/mol. The van der Waals surface area contributed by atoms with Crippen molar-refractivity contribution in [2.24, 2.45) is 0 Å². The summed E-state index contributed by atoms with van der Waals surface area (Å²) in [6.07, 6.45) is 0. The van der Waals surface area contributed by atoms with Gasteiger partial charge in [-0.25, -0.2) is 4.39 Å². The summed E-state index contributed by atoms with van der Waals surface area (Å²) in [5, 5.41) is 10.8. The molecule has 96 valence electrons. The molecule has 1 aromatic rings. The summed E-state index contributed by atoms with van der Waals surface area (Å²) in [6, 6.07) is 2.87. The van der Waals surface area contributed by atoms with Crippen molar-refractivity contribution in [3.05, 3.63) is 39.7 Å². The standard InChI is InChI=1S/C11H11FN2O4/c12-8-1-2-10(14(16)17)9(7-8)11(15)13-3-5-18-6-4-13/h1-2,7H,3-6H2. The third kappa shape index (κ3) is 2.45. The molecule has 0 bridgehead atoms. The molecule has 0 unspecified atom stereocenters. The van der Waals surface area contributed by atoms with E-state index in [9.17, 15) is 19.3 Å². The maximum absolute atomic E-state index is 13.1. The van der Waals surface area contributed by atoms with Crippen molar-refractivity contribution in [3.8, 4) is 0 Å². The van der Waals surface area contributed by atoms with Crippen LogP contribution in [0.5, 0.6) is 0 Å². The Bertz CT molecular complexity index is 486. The molecule has 18 heavy (non-hydrogen) atoms. The van der Waals surface area contributed by atoms with Crippen LogP contribution in [0, 0.1) is 15.9 Å². The van der Waals surface area contributed by atoms with Crippen molar-refractivity contribution < 1.29 is 18.8 Å². The summed E-state index contributed by atoms with van der Waals surface area (Å²) in [6.45, 7) is 1.47. The summed E-state index contributed by atoms with van der Waals surface area (Å²) < 4.78 is 18.2. The topological polar surface area (TPSA) is 72.7 Å². The zero-order valence-corrected chi connectivity index (χ0v) is 9.47. The zero-order chi connectivity index (χ0) is 13.1. The largest absolute Gasteiger partial charge is 0.378 e. The number of hydrogen-bond donors (Lipinski definition) is 0. The lowest BCUT2D eigenvalue weighted by Crippen LogP contribution is -2.40. The van der Waals surface area contributed by atoms with E-state index in [1.807, 2.05) is 0 Å². The lowest BCUT2D eigenvalue weighted by Gasteiger charge is -2.26. The van der Waals surface area contributed by atoms with Gasteiger partial charge in [-0.2, -0.15) is 0 Å². The van der Waals surface area contributed by atoms with Crippen LogP contribution in [0.1, 0.15) is 10.4 Å². The van der Waals surface area contributed by atoms with Crippen molar-refractivity contribution in [3.63, 3.8) is 0 Å². The average Bonchev–Trinajstić information content (AvgIpc) is 2.38. The van der Waals surface area contributed by atoms with E-state index in [0.29, 0.717) is 26.3 Å². The summed E-state index contributed by atoms with van der Waals surface area (Å²) >= 11 is 0. The van der Waals surface area contributed by atoms with Gasteiger partial charge in [0.05, 0.1) is 18.1 Å². The van der Waals surface area contributed by atoms with Gasteiger partial charge in [-0.05, 0) is 12.1 Å². The van der Waals surface area contributed by atoms with Gasteiger partial charge in [0, 0.05) is 19.2 Å². The van der Waals surface area contributed by atoms with Crippen molar-refractivity contribution in [1.82, 2.24) is 4.90 Å². The Morgan fingerprint density at radius 2 is 2.06 bits per heavy atom. The Morgan fingerprint density at radius 1 is 1.39 bits per heavy atom. The number of hydrogen-bond acceptors (Lipinski definition) is 4. The second-order valence-electron chi connectivity index (χ2n) is 3.82. The average molecular weight is 254 g/mol. The van der Waals surface area contributed by atoms with Crippen LogP contribution in [-0.4, -0.2) is 42.0 Å². The quantitative estimate of drug-likeness (QED) is 0.587. The molecular formula is C11H11FN2O4. The van der Waals surface area contributed by atoms with E-state index in [2.05, 4.69) is 0 Å². The number of ether oxygens (including phenoxy) is 1. The predicted molar refractivity (Wildman–Crippen MR) is 59.8 cm³/mol. The number of carbonyl (C=O) groups is 1. The molecule has 0 radical (unpaired) electrons. The van der Waals surface area contributed by atoms with E-state index in [4.69, 9.17) is 4.74 Å². The molecule has 0 saturated carbocycles. The van der Waals surface area contributed by atoms with E-state index in [0.717, 1.165) is 18.2 Å². The maximum Gasteiger partial charge on any atom is 0.282 e. The smallest absolute Gasteiger partial charge is 0.282 e. The van der Waals surface area contributed by atoms with Gasteiger partial charge in [-0.15, -0.1) is 0 Å². The lowest BCUT2D eigenvalue weighted by molar-refractivity contribution is -0.385. The summed E-state index contributed by atoms with van der Waals surface area (Å²) in [7, 11) is 0. The van der Waals surface area contributed by atoms with Gasteiger partial charge in [0.2, 0.25) is 0 Å². The highest BCUT2D eigenvalue weighted by Gasteiger charge is 2.26. The van der Waals surface area contributed by atoms with E-state index in [-0.39, 0.29) is 11.3 Å². The Balaban J connectivity index is 2.33. The summed E-state index contributed by atoms with van der Waals surface area (Å²) in [5.74, 6) is -1.21. The van der Waals surface area contributed by atoms with Gasteiger partial charge in [0.25, 0.3) is 11.6 Å². The second-order valence-corrected chi connectivity index (χ2v) is 3.82. The minimum Gasteiger partial charge on any atom is -0.378 e. The van der Waals surface area contributed by atoms with Crippen LogP contribution in [0.3, 0.4) is 0 Å². The Kier molecular flexibility index (Phi) is 3.52. The molecule has 1 aromatic carbocycles. The highest BCUT2D eigenvalue weighted by atomic mass is 19.1. The van der Waals surface area contributed by atoms with E-state index >= 15 is 0 Å². The third-order valence-corrected chi connectivity index (χ3v) is 2.68. The highest BCUT2D eigenvalue weighted by Crippen LogP contribution is 2.21. The number of nitrogens with zero attached hydrogens (tertiary/aromatic N) is 2. The van der Waals surface area contributed by atoms with Crippen LogP contribution in [0.4, 0.5) is 10.1 Å². The fourth-order valence-electron chi connectivity index (χ4n) is 1.78. The van der Waals surface area contributed by atoms with Crippen LogP contribution >= 0.6 is 0 Å². The molecule has 1 aliphatic rings. The van der Waals surface area contributed by atoms with Crippen LogP contribution in [-0.2, 0) is 4.74 Å². The number of amides is 1. The number of rotatable bonds is 2. The number of carbonyl (C=O) groups excluding carboxylic acids is 1. The second kappa shape index (κ2) is 5.09. The van der Waals surface area contributed by atoms with Crippen LogP contribution in [0.2, 0.25) is 0 Å². The molecule has 1 fully saturated rings. The molecule has 0 atom stereocenters. The SMILES string of the molecule is O=C(c1cc(F)ccc1[N+](=O)[O-])N1CCOCC1. The van der Waals surface area contributed by atoms with Crippen molar-refractivity contribution >= 4 is 11.6 Å². The van der Waals surface area contributed by atoms with Crippen molar-refractivity contribution in [2.45, 2.75) is 0 Å². The first-order chi connectivity index (χ1) is 8.59. The first-order valence-electron chi connectivity index (χ1n) is 5.40. The van der Waals surface area contributed by atoms with Gasteiger partial charge >= 0.3 is 0 Å². The van der Waals surface area contributed by atoms with Gasteiger partial charge in [0.1, 0.15) is 11.4 Å². The first kappa shape index (κ1) is 12.4. The zero-order valence-electron chi connectivity index (χ0n) is 9.47. The number of nitro groups is 1.